The second kappa shape index (κ2) is 4.00. The van der Waals surface area contributed by atoms with E-state index in [1.807, 2.05) is 0 Å². The Morgan fingerprint density at radius 2 is 1.80 bits per heavy atom. The Bertz CT molecular complexity index is 427. The molecule has 0 amide bonds. The van der Waals surface area contributed by atoms with Gasteiger partial charge >= 0.3 is 0 Å². The SMILES string of the molecule is ClC1=NC(Cl)(c2ccc(Cl)cc2)N=CN1. The van der Waals surface area contributed by atoms with E-state index in [-0.39, 0.29) is 5.29 Å². The van der Waals surface area contributed by atoms with Gasteiger partial charge in [0.05, 0.1) is 6.34 Å². The van der Waals surface area contributed by atoms with Crippen molar-refractivity contribution in [3.8, 4) is 0 Å². The molecule has 1 atom stereocenters. The molecule has 15 heavy (non-hydrogen) atoms. The van der Waals surface area contributed by atoms with Crippen molar-refractivity contribution in [3.05, 3.63) is 34.9 Å². The van der Waals surface area contributed by atoms with Crippen molar-refractivity contribution in [1.82, 2.24) is 5.32 Å². The molecule has 1 aromatic carbocycles. The zero-order valence-corrected chi connectivity index (χ0v) is 9.68. The van der Waals surface area contributed by atoms with Gasteiger partial charge in [0.25, 0.3) is 5.12 Å². The van der Waals surface area contributed by atoms with Crippen LogP contribution in [0.1, 0.15) is 5.56 Å². The number of rotatable bonds is 1. The molecular weight excluding hydrogens is 256 g/mol. The van der Waals surface area contributed by atoms with Crippen molar-refractivity contribution in [1.29, 1.82) is 0 Å². The molecule has 3 nitrogen and oxygen atoms in total. The maximum absolute atomic E-state index is 6.19. The van der Waals surface area contributed by atoms with Gasteiger partial charge < -0.3 is 5.32 Å². The highest BCUT2D eigenvalue weighted by Crippen LogP contribution is 2.34. The topological polar surface area (TPSA) is 36.8 Å². The second-order valence-corrected chi connectivity index (χ2v) is 4.22. The quantitative estimate of drug-likeness (QED) is 0.613. The maximum atomic E-state index is 6.19. The first-order valence-electron chi connectivity index (χ1n) is 4.11. The van der Waals surface area contributed by atoms with Crippen molar-refractivity contribution in [2.45, 2.75) is 5.12 Å². The Balaban J connectivity index is 2.41. The highest BCUT2D eigenvalue weighted by atomic mass is 35.5. The van der Waals surface area contributed by atoms with E-state index in [9.17, 15) is 0 Å². The zero-order chi connectivity index (χ0) is 10.9. The fourth-order valence-corrected chi connectivity index (χ4v) is 1.76. The molecule has 0 fully saturated rings. The van der Waals surface area contributed by atoms with Crippen molar-refractivity contribution in [2.24, 2.45) is 9.98 Å². The van der Waals surface area contributed by atoms with Crippen molar-refractivity contribution < 1.29 is 0 Å². The number of alkyl halides is 1. The van der Waals surface area contributed by atoms with Gasteiger partial charge in [-0.25, -0.2) is 9.98 Å². The smallest absolute Gasteiger partial charge is 0.256 e. The molecule has 6 heteroatoms. The number of hydrogen-bond acceptors (Lipinski definition) is 3. The summed E-state index contributed by atoms with van der Waals surface area (Å²) < 4.78 is 0. The van der Waals surface area contributed by atoms with Gasteiger partial charge in [-0.15, -0.1) is 0 Å². The summed E-state index contributed by atoms with van der Waals surface area (Å²) in [6.45, 7) is 0. The molecule has 0 saturated heterocycles. The third-order valence-electron chi connectivity index (χ3n) is 1.88. The molecule has 0 aliphatic carbocycles. The van der Waals surface area contributed by atoms with Crippen LogP contribution < -0.4 is 5.32 Å². The highest BCUT2D eigenvalue weighted by Gasteiger charge is 2.29. The lowest BCUT2D eigenvalue weighted by Crippen LogP contribution is -2.28. The minimum Gasteiger partial charge on any atom is -0.322 e. The van der Waals surface area contributed by atoms with Gasteiger partial charge in [0.2, 0.25) is 0 Å². The van der Waals surface area contributed by atoms with Crippen molar-refractivity contribution in [2.75, 3.05) is 0 Å². The molecule has 0 aromatic heterocycles. The summed E-state index contributed by atoms with van der Waals surface area (Å²) in [6, 6.07) is 6.96. The summed E-state index contributed by atoms with van der Waals surface area (Å²) in [5.74, 6) is 0. The van der Waals surface area contributed by atoms with E-state index in [2.05, 4.69) is 15.3 Å². The lowest BCUT2D eigenvalue weighted by molar-refractivity contribution is 0.677. The lowest BCUT2D eigenvalue weighted by atomic mass is 10.2. The molecule has 0 saturated carbocycles. The Kier molecular flexibility index (Phi) is 2.87. The average Bonchev–Trinajstić information content (AvgIpc) is 2.18. The van der Waals surface area contributed by atoms with Crippen LogP contribution in [0.25, 0.3) is 0 Å². The zero-order valence-electron chi connectivity index (χ0n) is 7.42. The first kappa shape index (κ1) is 10.7. The van der Waals surface area contributed by atoms with Gasteiger partial charge in [0, 0.05) is 10.6 Å². The third-order valence-corrected chi connectivity index (χ3v) is 2.72. The van der Waals surface area contributed by atoms with Crippen LogP contribution in [0.5, 0.6) is 0 Å². The van der Waals surface area contributed by atoms with Crippen LogP contribution >= 0.6 is 34.8 Å². The summed E-state index contributed by atoms with van der Waals surface area (Å²) in [5, 5.41) is 2.28. The molecule has 0 radical (unpaired) electrons. The Morgan fingerprint density at radius 1 is 1.13 bits per heavy atom. The Labute approximate surface area is 102 Å². The summed E-state index contributed by atoms with van der Waals surface area (Å²) in [7, 11) is 0. The number of amidine groups is 1. The third kappa shape index (κ3) is 2.25. The number of aliphatic imine (C=N–C) groups is 2. The van der Waals surface area contributed by atoms with Crippen LogP contribution in [0.15, 0.2) is 34.3 Å². The van der Waals surface area contributed by atoms with Gasteiger partial charge in [-0.3, -0.25) is 0 Å². The van der Waals surface area contributed by atoms with E-state index in [1.54, 1.807) is 24.3 Å². The normalized spacial score (nSPS) is 24.6. The van der Waals surface area contributed by atoms with Crippen molar-refractivity contribution >= 4 is 46.4 Å². The van der Waals surface area contributed by atoms with Gasteiger partial charge in [-0.1, -0.05) is 35.3 Å². The van der Waals surface area contributed by atoms with Crippen molar-refractivity contribution in [3.63, 3.8) is 0 Å². The van der Waals surface area contributed by atoms with Crippen LogP contribution in [0.4, 0.5) is 0 Å². The van der Waals surface area contributed by atoms with Crippen LogP contribution in [-0.2, 0) is 5.12 Å². The molecule has 78 valence electrons. The summed E-state index contributed by atoms with van der Waals surface area (Å²) in [6.07, 6.45) is 1.41. The second-order valence-electron chi connectivity index (χ2n) is 2.90. The number of halogens is 3. The highest BCUT2D eigenvalue weighted by molar-refractivity contribution is 6.66. The number of nitrogens with one attached hydrogen (secondary N) is 1. The van der Waals surface area contributed by atoms with Gasteiger partial charge in [0.15, 0.2) is 5.29 Å². The monoisotopic (exact) mass is 261 g/mol. The molecule has 2 rings (SSSR count). The van der Waals surface area contributed by atoms with Gasteiger partial charge in [0.1, 0.15) is 0 Å². The molecular formula is C9H6Cl3N3. The Hall–Kier alpha value is -0.770. The molecule has 1 heterocycles. The number of nitrogens with zero attached hydrogens (tertiary/aromatic N) is 2. The van der Waals surface area contributed by atoms with Crippen LogP contribution in [0.3, 0.4) is 0 Å². The van der Waals surface area contributed by atoms with E-state index in [4.69, 9.17) is 34.8 Å². The van der Waals surface area contributed by atoms with E-state index in [0.29, 0.717) is 10.6 Å². The molecule has 1 aromatic rings. The minimum absolute atomic E-state index is 0.204. The molecule has 1 aliphatic heterocycles. The fraction of sp³-hybridized carbons (Fsp3) is 0.111. The predicted molar refractivity (Wildman–Crippen MR) is 63.9 cm³/mol. The molecule has 0 spiro atoms. The fourth-order valence-electron chi connectivity index (χ4n) is 1.16. The summed E-state index contributed by atoms with van der Waals surface area (Å²) >= 11 is 17.7. The standard InChI is InChI=1S/C9H6Cl3N3/c10-7-3-1-6(2-4-7)9(12)14-5-13-8(11)15-9/h1-5H,(H,13,14,15). The minimum atomic E-state index is -1.19. The van der Waals surface area contributed by atoms with E-state index < -0.39 is 5.12 Å². The maximum Gasteiger partial charge on any atom is 0.256 e. The van der Waals surface area contributed by atoms with Crippen LogP contribution in [0, 0.1) is 0 Å². The molecule has 1 N–H and O–H groups in total. The van der Waals surface area contributed by atoms with E-state index >= 15 is 0 Å². The summed E-state index contributed by atoms with van der Waals surface area (Å²) in [4.78, 5) is 8.04. The first-order valence-corrected chi connectivity index (χ1v) is 5.24. The first-order chi connectivity index (χ1) is 7.10. The average molecular weight is 263 g/mol. The lowest BCUT2D eigenvalue weighted by Gasteiger charge is -2.21. The molecule has 0 bridgehead atoms. The van der Waals surface area contributed by atoms with Crippen LogP contribution in [-0.4, -0.2) is 11.6 Å². The molecule has 1 unspecified atom stereocenters. The van der Waals surface area contributed by atoms with Gasteiger partial charge in [-0.2, -0.15) is 0 Å². The van der Waals surface area contributed by atoms with E-state index in [0.717, 1.165) is 0 Å². The summed E-state index contributed by atoms with van der Waals surface area (Å²) in [5.41, 5.74) is 0.712. The number of hydrogen-bond donors (Lipinski definition) is 1. The Morgan fingerprint density at radius 3 is 2.40 bits per heavy atom. The largest absolute Gasteiger partial charge is 0.322 e. The predicted octanol–water partition coefficient (Wildman–Crippen LogP) is 2.92. The van der Waals surface area contributed by atoms with Crippen LogP contribution in [0.2, 0.25) is 5.02 Å². The van der Waals surface area contributed by atoms with Gasteiger partial charge in [-0.05, 0) is 23.7 Å². The number of benzene rings is 1. The molecule has 1 aliphatic rings. The van der Waals surface area contributed by atoms with E-state index in [1.165, 1.54) is 6.34 Å².